The van der Waals surface area contributed by atoms with E-state index in [2.05, 4.69) is 31.1 Å². The average Bonchev–Trinajstić information content (AvgIpc) is 3.07. The molecule has 0 spiro atoms. The number of nitrogens with zero attached hydrogens (tertiary/aromatic N) is 4. The molecular formula is C13H11BrN4O. The van der Waals surface area contributed by atoms with Gasteiger partial charge in [-0.1, -0.05) is 34.1 Å². The van der Waals surface area contributed by atoms with Gasteiger partial charge in [-0.25, -0.2) is 4.98 Å². The van der Waals surface area contributed by atoms with Crippen molar-refractivity contribution in [2.24, 2.45) is 0 Å². The first kappa shape index (κ1) is 12.1. The molecule has 0 saturated carbocycles. The van der Waals surface area contributed by atoms with Gasteiger partial charge >= 0.3 is 0 Å². The third-order valence-electron chi connectivity index (χ3n) is 2.69. The van der Waals surface area contributed by atoms with Crippen molar-refractivity contribution in [2.45, 2.75) is 13.3 Å². The van der Waals surface area contributed by atoms with E-state index in [1.165, 1.54) is 0 Å². The predicted octanol–water partition coefficient (Wildman–Crippen LogP) is 3.25. The summed E-state index contributed by atoms with van der Waals surface area (Å²) < 4.78 is 8.10. The number of imidazole rings is 1. The van der Waals surface area contributed by atoms with Gasteiger partial charge in [0.25, 0.3) is 5.89 Å². The third kappa shape index (κ3) is 2.44. The second kappa shape index (κ2) is 4.97. The van der Waals surface area contributed by atoms with Crippen LogP contribution in [-0.4, -0.2) is 19.7 Å². The Labute approximate surface area is 118 Å². The van der Waals surface area contributed by atoms with Crippen LogP contribution in [0, 0.1) is 0 Å². The number of aromatic nitrogens is 4. The maximum atomic E-state index is 5.17. The monoisotopic (exact) mass is 318 g/mol. The van der Waals surface area contributed by atoms with Gasteiger partial charge in [-0.15, -0.1) is 0 Å². The molecule has 5 nitrogen and oxygen atoms in total. The zero-order valence-corrected chi connectivity index (χ0v) is 11.8. The van der Waals surface area contributed by atoms with Crippen molar-refractivity contribution >= 4 is 15.9 Å². The van der Waals surface area contributed by atoms with Crippen LogP contribution < -0.4 is 0 Å². The minimum Gasteiger partial charge on any atom is -0.332 e. The van der Waals surface area contributed by atoms with Crippen molar-refractivity contribution in [2.75, 3.05) is 0 Å². The highest BCUT2D eigenvalue weighted by Gasteiger charge is 2.11. The lowest BCUT2D eigenvalue weighted by Crippen LogP contribution is -1.88. The Bertz CT molecular complexity index is 704. The molecule has 0 saturated heterocycles. The van der Waals surface area contributed by atoms with Gasteiger partial charge in [0.05, 0.1) is 0 Å². The zero-order valence-electron chi connectivity index (χ0n) is 10.2. The van der Waals surface area contributed by atoms with Crippen molar-refractivity contribution in [3.05, 3.63) is 47.1 Å². The Morgan fingerprint density at radius 2 is 2.26 bits per heavy atom. The molecule has 3 rings (SSSR count). The van der Waals surface area contributed by atoms with Crippen LogP contribution in [-0.2, 0) is 6.42 Å². The van der Waals surface area contributed by atoms with Crippen LogP contribution in [0.15, 0.2) is 45.8 Å². The maximum absolute atomic E-state index is 5.17. The highest BCUT2D eigenvalue weighted by Crippen LogP contribution is 2.19. The summed E-state index contributed by atoms with van der Waals surface area (Å²) in [6.45, 7) is 1.98. The topological polar surface area (TPSA) is 56.7 Å². The van der Waals surface area contributed by atoms with E-state index in [1.54, 1.807) is 6.33 Å². The van der Waals surface area contributed by atoms with Crippen molar-refractivity contribution in [1.82, 2.24) is 19.7 Å². The van der Waals surface area contributed by atoms with Gasteiger partial charge in [-0.3, -0.25) is 0 Å². The second-order valence-corrected chi connectivity index (χ2v) is 4.93. The maximum Gasteiger partial charge on any atom is 0.278 e. The molecule has 0 atom stereocenters. The first-order valence-corrected chi connectivity index (χ1v) is 6.68. The molecule has 0 aliphatic carbocycles. The molecular weight excluding hydrogens is 308 g/mol. The molecule has 0 amide bonds. The molecule has 1 aromatic carbocycles. The van der Waals surface area contributed by atoms with Crippen LogP contribution in [0.5, 0.6) is 0 Å². The number of benzene rings is 1. The van der Waals surface area contributed by atoms with Gasteiger partial charge in [-0.05, 0) is 18.2 Å². The van der Waals surface area contributed by atoms with Crippen LogP contribution >= 0.6 is 15.9 Å². The summed E-state index contributed by atoms with van der Waals surface area (Å²) in [6.07, 6.45) is 4.34. The van der Waals surface area contributed by atoms with Gasteiger partial charge in [0, 0.05) is 22.8 Å². The lowest BCUT2D eigenvalue weighted by molar-refractivity contribution is 0.422. The molecule has 2 aromatic heterocycles. The van der Waals surface area contributed by atoms with Crippen LogP contribution in [0.3, 0.4) is 0 Å². The Morgan fingerprint density at radius 3 is 3.00 bits per heavy atom. The molecule has 0 bridgehead atoms. The second-order valence-electron chi connectivity index (χ2n) is 4.02. The van der Waals surface area contributed by atoms with Crippen molar-refractivity contribution in [1.29, 1.82) is 0 Å². The van der Waals surface area contributed by atoms with Crippen molar-refractivity contribution in [3.63, 3.8) is 0 Å². The number of rotatable bonds is 3. The van der Waals surface area contributed by atoms with E-state index < -0.39 is 0 Å². The van der Waals surface area contributed by atoms with E-state index in [0.29, 0.717) is 17.4 Å². The van der Waals surface area contributed by atoms with Crippen LogP contribution in [0.2, 0.25) is 0 Å². The summed E-state index contributed by atoms with van der Waals surface area (Å²) in [6, 6.07) is 7.96. The molecule has 96 valence electrons. The molecule has 2 heterocycles. The molecule has 0 fully saturated rings. The van der Waals surface area contributed by atoms with Crippen LogP contribution in [0.4, 0.5) is 0 Å². The third-order valence-corrected chi connectivity index (χ3v) is 3.19. The minimum atomic E-state index is 0.450. The molecule has 3 aromatic rings. The lowest BCUT2D eigenvalue weighted by Gasteiger charge is -2.01. The fraction of sp³-hybridized carbons (Fsp3) is 0.154. The Morgan fingerprint density at radius 1 is 1.37 bits per heavy atom. The van der Waals surface area contributed by atoms with Gasteiger partial charge in [0.2, 0.25) is 0 Å². The van der Waals surface area contributed by atoms with Crippen LogP contribution in [0.1, 0.15) is 12.7 Å². The SMILES string of the molecule is CCc1noc(-c2cn(-c3cccc(Br)c3)cn2)n1. The van der Waals surface area contributed by atoms with E-state index in [1.807, 2.05) is 42.0 Å². The van der Waals surface area contributed by atoms with Gasteiger partial charge in [-0.2, -0.15) is 4.98 Å². The first-order valence-electron chi connectivity index (χ1n) is 5.89. The van der Waals surface area contributed by atoms with Gasteiger partial charge in [0.15, 0.2) is 5.82 Å². The molecule has 0 N–H and O–H groups in total. The van der Waals surface area contributed by atoms with E-state index >= 15 is 0 Å². The summed E-state index contributed by atoms with van der Waals surface area (Å²) >= 11 is 3.45. The van der Waals surface area contributed by atoms with Gasteiger partial charge < -0.3 is 9.09 Å². The van der Waals surface area contributed by atoms with E-state index in [-0.39, 0.29) is 0 Å². The van der Waals surface area contributed by atoms with Crippen LogP contribution in [0.25, 0.3) is 17.3 Å². The highest BCUT2D eigenvalue weighted by molar-refractivity contribution is 9.10. The molecule has 0 unspecified atom stereocenters. The zero-order chi connectivity index (χ0) is 13.2. The standard InChI is InChI=1S/C13H11BrN4O/c1-2-12-16-13(19-17-12)11-7-18(8-15-11)10-5-3-4-9(14)6-10/h3-8H,2H2,1H3. The average molecular weight is 319 g/mol. The molecule has 6 heteroatoms. The molecule has 0 aliphatic heterocycles. The number of hydrogen-bond donors (Lipinski definition) is 0. The van der Waals surface area contributed by atoms with E-state index in [0.717, 1.165) is 16.6 Å². The largest absolute Gasteiger partial charge is 0.332 e. The number of aryl methyl sites for hydroxylation is 1. The van der Waals surface area contributed by atoms with Gasteiger partial charge in [0.1, 0.15) is 12.0 Å². The highest BCUT2D eigenvalue weighted by atomic mass is 79.9. The minimum absolute atomic E-state index is 0.450. The normalized spacial score (nSPS) is 10.8. The van der Waals surface area contributed by atoms with E-state index in [4.69, 9.17) is 4.52 Å². The predicted molar refractivity (Wildman–Crippen MR) is 73.9 cm³/mol. The summed E-state index contributed by atoms with van der Waals surface area (Å²) in [5, 5.41) is 3.86. The summed E-state index contributed by atoms with van der Waals surface area (Å²) in [4.78, 5) is 8.55. The smallest absolute Gasteiger partial charge is 0.278 e. The fourth-order valence-electron chi connectivity index (χ4n) is 1.71. The summed E-state index contributed by atoms with van der Waals surface area (Å²) in [5.41, 5.74) is 1.69. The summed E-state index contributed by atoms with van der Waals surface area (Å²) in [5.74, 6) is 1.14. The fourth-order valence-corrected chi connectivity index (χ4v) is 2.10. The quantitative estimate of drug-likeness (QED) is 0.743. The Hall–Kier alpha value is -1.95. The van der Waals surface area contributed by atoms with Crippen molar-refractivity contribution in [3.8, 4) is 17.3 Å². The number of halogens is 1. The molecule has 0 aliphatic rings. The molecule has 0 radical (unpaired) electrons. The number of hydrogen-bond acceptors (Lipinski definition) is 4. The first-order chi connectivity index (χ1) is 9.26. The lowest BCUT2D eigenvalue weighted by atomic mass is 10.3. The Balaban J connectivity index is 1.95. The molecule has 19 heavy (non-hydrogen) atoms. The van der Waals surface area contributed by atoms with E-state index in [9.17, 15) is 0 Å². The Kier molecular flexibility index (Phi) is 3.16. The summed E-state index contributed by atoms with van der Waals surface area (Å²) in [7, 11) is 0. The van der Waals surface area contributed by atoms with Crippen molar-refractivity contribution < 1.29 is 4.52 Å².